The molecular weight excluding hydrogens is 236 g/mol. The van der Waals surface area contributed by atoms with Crippen LogP contribution < -0.4 is 0 Å². The van der Waals surface area contributed by atoms with Crippen LogP contribution >= 0.6 is 0 Å². The van der Waals surface area contributed by atoms with Crippen LogP contribution in [0.5, 0.6) is 0 Å². The molecule has 1 heterocycles. The molecule has 1 N–H and O–H groups in total. The van der Waals surface area contributed by atoms with Crippen molar-refractivity contribution in [2.24, 2.45) is 5.92 Å². The lowest BCUT2D eigenvalue weighted by atomic mass is 9.92. The summed E-state index contributed by atoms with van der Waals surface area (Å²) in [6, 6.07) is 1.42. The number of aliphatic hydroxyl groups excluding tert-OH is 1. The molecule has 19 heavy (non-hydrogen) atoms. The van der Waals surface area contributed by atoms with E-state index in [4.69, 9.17) is 0 Å². The minimum Gasteiger partial charge on any atom is -0.396 e. The van der Waals surface area contributed by atoms with E-state index in [2.05, 4.69) is 9.80 Å². The summed E-state index contributed by atoms with van der Waals surface area (Å²) in [5, 5.41) is 9.37. The fourth-order valence-corrected chi connectivity index (χ4v) is 4.06. The van der Waals surface area contributed by atoms with Crippen molar-refractivity contribution in [1.29, 1.82) is 0 Å². The van der Waals surface area contributed by atoms with Crippen molar-refractivity contribution in [3.63, 3.8) is 0 Å². The number of rotatable bonds is 5. The van der Waals surface area contributed by atoms with E-state index >= 15 is 0 Å². The first kappa shape index (κ1) is 13.8. The van der Waals surface area contributed by atoms with Gasteiger partial charge in [-0.2, -0.15) is 0 Å². The van der Waals surface area contributed by atoms with Crippen LogP contribution in [0.25, 0.3) is 0 Å². The van der Waals surface area contributed by atoms with Crippen LogP contribution in [0.15, 0.2) is 0 Å². The lowest BCUT2D eigenvalue weighted by Gasteiger charge is -2.46. The van der Waals surface area contributed by atoms with E-state index in [1.54, 1.807) is 0 Å². The van der Waals surface area contributed by atoms with Gasteiger partial charge in [-0.05, 0) is 38.0 Å². The Morgan fingerprint density at radius 1 is 0.947 bits per heavy atom. The Morgan fingerprint density at radius 3 is 2.42 bits per heavy atom. The lowest BCUT2D eigenvalue weighted by molar-refractivity contribution is 0.0150. The second-order valence-corrected chi connectivity index (χ2v) is 6.90. The summed E-state index contributed by atoms with van der Waals surface area (Å²) in [6.07, 6.45) is 10.9. The summed E-state index contributed by atoms with van der Waals surface area (Å²) >= 11 is 0. The molecule has 1 atom stereocenters. The maximum atomic E-state index is 9.37. The minimum absolute atomic E-state index is 0.352. The molecule has 0 aromatic carbocycles. The molecule has 0 bridgehead atoms. The summed E-state index contributed by atoms with van der Waals surface area (Å²) in [5.41, 5.74) is 0. The Morgan fingerprint density at radius 2 is 1.74 bits per heavy atom. The lowest BCUT2D eigenvalue weighted by Crippen LogP contribution is -2.57. The first-order valence-corrected chi connectivity index (χ1v) is 8.46. The molecule has 3 fully saturated rings. The van der Waals surface area contributed by atoms with Gasteiger partial charge < -0.3 is 10.0 Å². The quantitative estimate of drug-likeness (QED) is 0.825. The maximum absolute atomic E-state index is 9.37. The summed E-state index contributed by atoms with van der Waals surface area (Å²) in [4.78, 5) is 5.41. The molecule has 1 unspecified atom stereocenters. The molecule has 0 aromatic heterocycles. The number of aliphatic hydroxyl groups is 1. The standard InChI is InChI=1S/C16H30N2O/c19-11-8-16-13-17(12-14-6-7-14)9-10-18(16)15-4-2-1-3-5-15/h14-16,19H,1-13H2. The number of nitrogens with zero attached hydrogens (tertiary/aromatic N) is 2. The third-order valence-electron chi connectivity index (χ3n) is 5.33. The largest absolute Gasteiger partial charge is 0.396 e. The third kappa shape index (κ3) is 3.71. The van der Waals surface area contributed by atoms with E-state index < -0.39 is 0 Å². The van der Waals surface area contributed by atoms with Crippen molar-refractivity contribution in [3.05, 3.63) is 0 Å². The van der Waals surface area contributed by atoms with Crippen molar-refractivity contribution >= 4 is 0 Å². The van der Waals surface area contributed by atoms with E-state index in [9.17, 15) is 5.11 Å². The van der Waals surface area contributed by atoms with Gasteiger partial charge in [0.2, 0.25) is 0 Å². The van der Waals surface area contributed by atoms with E-state index in [1.807, 2.05) is 0 Å². The summed E-state index contributed by atoms with van der Waals surface area (Å²) in [7, 11) is 0. The van der Waals surface area contributed by atoms with E-state index in [1.165, 1.54) is 71.1 Å². The Bertz CT molecular complexity index is 274. The molecule has 3 aliphatic rings. The molecule has 0 amide bonds. The Hall–Kier alpha value is -0.120. The second kappa shape index (κ2) is 6.55. The van der Waals surface area contributed by atoms with Gasteiger partial charge in [0.05, 0.1) is 0 Å². The van der Waals surface area contributed by atoms with Gasteiger partial charge in [-0.1, -0.05) is 19.3 Å². The molecule has 3 heteroatoms. The summed E-state index contributed by atoms with van der Waals surface area (Å²) < 4.78 is 0. The average Bonchev–Trinajstić information content (AvgIpc) is 3.24. The zero-order valence-corrected chi connectivity index (χ0v) is 12.3. The van der Waals surface area contributed by atoms with Gasteiger partial charge in [0, 0.05) is 44.9 Å². The van der Waals surface area contributed by atoms with E-state index in [-0.39, 0.29) is 0 Å². The molecule has 3 nitrogen and oxygen atoms in total. The van der Waals surface area contributed by atoms with Gasteiger partial charge in [0.25, 0.3) is 0 Å². The molecular formula is C16H30N2O. The number of piperazine rings is 1. The highest BCUT2D eigenvalue weighted by Gasteiger charge is 2.34. The van der Waals surface area contributed by atoms with Crippen LogP contribution in [-0.4, -0.2) is 59.8 Å². The fraction of sp³-hybridized carbons (Fsp3) is 1.00. The van der Waals surface area contributed by atoms with Crippen molar-refractivity contribution in [1.82, 2.24) is 9.80 Å². The van der Waals surface area contributed by atoms with Gasteiger partial charge in [-0.15, -0.1) is 0 Å². The molecule has 1 saturated heterocycles. The molecule has 3 rings (SSSR count). The zero-order valence-electron chi connectivity index (χ0n) is 12.3. The topological polar surface area (TPSA) is 26.7 Å². The second-order valence-electron chi connectivity index (χ2n) is 6.90. The highest BCUT2D eigenvalue weighted by atomic mass is 16.3. The van der Waals surface area contributed by atoms with Crippen molar-refractivity contribution in [2.75, 3.05) is 32.8 Å². The monoisotopic (exact) mass is 266 g/mol. The smallest absolute Gasteiger partial charge is 0.0446 e. The van der Waals surface area contributed by atoms with Crippen molar-refractivity contribution < 1.29 is 5.11 Å². The Kier molecular flexibility index (Phi) is 4.78. The molecule has 2 aliphatic carbocycles. The van der Waals surface area contributed by atoms with E-state index in [0.29, 0.717) is 12.6 Å². The van der Waals surface area contributed by atoms with Crippen LogP contribution in [0, 0.1) is 5.92 Å². The van der Waals surface area contributed by atoms with Crippen LogP contribution in [0.3, 0.4) is 0 Å². The van der Waals surface area contributed by atoms with Crippen molar-refractivity contribution in [3.8, 4) is 0 Å². The SMILES string of the molecule is OCCC1CN(CC2CC2)CCN1C1CCCCC1. The molecule has 1 aliphatic heterocycles. The van der Waals surface area contributed by atoms with Gasteiger partial charge in [-0.3, -0.25) is 4.90 Å². The normalized spacial score (nSPS) is 31.7. The third-order valence-corrected chi connectivity index (χ3v) is 5.33. The molecule has 110 valence electrons. The fourth-order valence-electron chi connectivity index (χ4n) is 4.06. The average molecular weight is 266 g/mol. The number of hydrogen-bond acceptors (Lipinski definition) is 3. The molecule has 2 saturated carbocycles. The van der Waals surface area contributed by atoms with E-state index in [0.717, 1.165) is 18.4 Å². The first-order chi connectivity index (χ1) is 9.36. The predicted octanol–water partition coefficient (Wildman–Crippen LogP) is 2.10. The predicted molar refractivity (Wildman–Crippen MR) is 78.2 cm³/mol. The van der Waals surface area contributed by atoms with Crippen molar-refractivity contribution in [2.45, 2.75) is 63.5 Å². The Balaban J connectivity index is 1.56. The summed E-state index contributed by atoms with van der Waals surface area (Å²) in [5.74, 6) is 0.996. The van der Waals surface area contributed by atoms with Crippen LogP contribution in [0.4, 0.5) is 0 Å². The first-order valence-electron chi connectivity index (χ1n) is 8.46. The molecule has 0 spiro atoms. The van der Waals surface area contributed by atoms with Gasteiger partial charge in [-0.25, -0.2) is 0 Å². The highest BCUT2D eigenvalue weighted by Crippen LogP contribution is 2.32. The van der Waals surface area contributed by atoms with Crippen LogP contribution in [0.2, 0.25) is 0 Å². The van der Waals surface area contributed by atoms with Gasteiger partial charge in [0.1, 0.15) is 0 Å². The Labute approximate surface area is 118 Å². The molecule has 0 radical (unpaired) electrons. The van der Waals surface area contributed by atoms with Crippen LogP contribution in [-0.2, 0) is 0 Å². The maximum Gasteiger partial charge on any atom is 0.0446 e. The minimum atomic E-state index is 0.352. The highest BCUT2D eigenvalue weighted by molar-refractivity contribution is 4.89. The van der Waals surface area contributed by atoms with Crippen LogP contribution in [0.1, 0.15) is 51.4 Å². The van der Waals surface area contributed by atoms with Gasteiger partial charge in [0.15, 0.2) is 0 Å². The number of hydrogen-bond donors (Lipinski definition) is 1. The zero-order chi connectivity index (χ0) is 13.1. The molecule has 0 aromatic rings. The van der Waals surface area contributed by atoms with Gasteiger partial charge >= 0.3 is 0 Å². The summed E-state index contributed by atoms with van der Waals surface area (Å²) in [6.45, 7) is 5.37.